The van der Waals surface area contributed by atoms with Crippen LogP contribution in [-0.2, 0) is 10.0 Å². The highest BCUT2D eigenvalue weighted by atomic mass is 32.2. The zero-order valence-electron chi connectivity index (χ0n) is 14.7. The maximum Gasteiger partial charge on any atom is 0.573 e. The van der Waals surface area contributed by atoms with Gasteiger partial charge in [0.2, 0.25) is 10.0 Å². The third-order valence-corrected chi connectivity index (χ3v) is 6.25. The van der Waals surface area contributed by atoms with Gasteiger partial charge in [0, 0.05) is 26.2 Å². The number of alkyl halides is 3. The van der Waals surface area contributed by atoms with Gasteiger partial charge in [-0.15, -0.1) is 13.2 Å². The molecule has 1 aliphatic rings. The molecule has 0 spiro atoms. The van der Waals surface area contributed by atoms with E-state index in [9.17, 15) is 21.6 Å². The molecule has 0 radical (unpaired) electrons. The van der Waals surface area contributed by atoms with Crippen LogP contribution in [-0.4, -0.2) is 55.5 Å². The number of benzene rings is 1. The Bertz CT molecular complexity index is 882. The van der Waals surface area contributed by atoms with Crippen molar-refractivity contribution >= 4 is 15.7 Å². The Labute approximate surface area is 154 Å². The van der Waals surface area contributed by atoms with E-state index < -0.39 is 22.1 Å². The normalized spacial score (nSPS) is 16.6. The molecule has 11 heteroatoms. The number of aromatic amines is 1. The predicted molar refractivity (Wildman–Crippen MR) is 92.2 cm³/mol. The minimum absolute atomic E-state index is 0.0684. The molecule has 27 heavy (non-hydrogen) atoms. The van der Waals surface area contributed by atoms with Gasteiger partial charge in [0.15, 0.2) is 0 Å². The maximum atomic E-state index is 12.7. The van der Waals surface area contributed by atoms with Gasteiger partial charge in [-0.2, -0.15) is 9.40 Å². The summed E-state index contributed by atoms with van der Waals surface area (Å²) in [6.07, 6.45) is -4.82. The fourth-order valence-corrected chi connectivity index (χ4v) is 4.55. The number of aryl methyl sites for hydroxylation is 2. The number of hydrogen-bond donors (Lipinski definition) is 1. The number of nitrogens with zero attached hydrogens (tertiary/aromatic N) is 3. The molecule has 148 valence electrons. The lowest BCUT2D eigenvalue weighted by atomic mass is 10.2. The monoisotopic (exact) mass is 404 g/mol. The number of anilines is 1. The molecule has 0 saturated carbocycles. The molecule has 7 nitrogen and oxygen atoms in total. The van der Waals surface area contributed by atoms with Gasteiger partial charge in [0.1, 0.15) is 5.75 Å². The first-order chi connectivity index (χ1) is 12.6. The van der Waals surface area contributed by atoms with Crippen molar-refractivity contribution in [3.8, 4) is 5.75 Å². The number of aromatic nitrogens is 2. The number of H-pyrrole nitrogens is 1. The first kappa shape index (κ1) is 19.5. The third kappa shape index (κ3) is 4.19. The number of sulfonamides is 1. The Kier molecular flexibility index (Phi) is 5.08. The van der Waals surface area contributed by atoms with Crippen molar-refractivity contribution in [2.45, 2.75) is 25.1 Å². The SMILES string of the molecule is Cc1n[nH]c(C)c1N1CCN(S(=O)(=O)c2ccc(OC(F)(F)F)cc2)CC1. The van der Waals surface area contributed by atoms with E-state index in [2.05, 4.69) is 19.8 Å². The van der Waals surface area contributed by atoms with E-state index in [0.29, 0.717) is 13.1 Å². The summed E-state index contributed by atoms with van der Waals surface area (Å²) in [6, 6.07) is 4.23. The molecule has 0 amide bonds. The smallest absolute Gasteiger partial charge is 0.406 e. The Morgan fingerprint density at radius 1 is 1.07 bits per heavy atom. The van der Waals surface area contributed by atoms with Gasteiger partial charge in [-0.05, 0) is 38.1 Å². The first-order valence-electron chi connectivity index (χ1n) is 8.20. The van der Waals surface area contributed by atoms with Crippen LogP contribution >= 0.6 is 0 Å². The highest BCUT2D eigenvalue weighted by Gasteiger charge is 2.32. The minimum Gasteiger partial charge on any atom is -0.406 e. The van der Waals surface area contributed by atoms with Crippen molar-refractivity contribution in [2.24, 2.45) is 0 Å². The summed E-state index contributed by atoms with van der Waals surface area (Å²) in [5.41, 5.74) is 2.74. The van der Waals surface area contributed by atoms with Gasteiger partial charge < -0.3 is 9.64 Å². The summed E-state index contributed by atoms with van der Waals surface area (Å²) >= 11 is 0. The average molecular weight is 404 g/mol. The van der Waals surface area contributed by atoms with Crippen molar-refractivity contribution in [3.63, 3.8) is 0 Å². The largest absolute Gasteiger partial charge is 0.573 e. The number of halogens is 3. The van der Waals surface area contributed by atoms with E-state index in [1.807, 2.05) is 13.8 Å². The van der Waals surface area contributed by atoms with E-state index in [4.69, 9.17) is 0 Å². The lowest BCUT2D eigenvalue weighted by Crippen LogP contribution is -2.48. The number of hydrogen-bond acceptors (Lipinski definition) is 5. The molecule has 2 aromatic rings. The average Bonchev–Trinajstić information content (AvgIpc) is 2.93. The van der Waals surface area contributed by atoms with E-state index in [-0.39, 0.29) is 18.0 Å². The van der Waals surface area contributed by atoms with Crippen molar-refractivity contribution in [1.82, 2.24) is 14.5 Å². The fraction of sp³-hybridized carbons (Fsp3) is 0.438. The molecule has 0 atom stereocenters. The number of ether oxygens (including phenoxy) is 1. The molecule has 0 bridgehead atoms. The van der Waals surface area contributed by atoms with Crippen LogP contribution in [0.25, 0.3) is 0 Å². The van der Waals surface area contributed by atoms with E-state index in [0.717, 1.165) is 41.3 Å². The molecule has 0 aliphatic carbocycles. The van der Waals surface area contributed by atoms with Gasteiger partial charge in [-0.25, -0.2) is 8.42 Å². The number of nitrogens with one attached hydrogen (secondary N) is 1. The van der Waals surface area contributed by atoms with Crippen LogP contribution in [0.3, 0.4) is 0 Å². The summed E-state index contributed by atoms with van der Waals surface area (Å²) in [4.78, 5) is 2.00. The zero-order chi connectivity index (χ0) is 19.8. The van der Waals surface area contributed by atoms with Crippen molar-refractivity contribution in [3.05, 3.63) is 35.7 Å². The highest BCUT2D eigenvalue weighted by molar-refractivity contribution is 7.89. The summed E-state index contributed by atoms with van der Waals surface area (Å²) in [7, 11) is -3.79. The van der Waals surface area contributed by atoms with E-state index in [1.165, 1.54) is 4.31 Å². The second-order valence-corrected chi connectivity index (χ2v) is 8.13. The molecule has 1 saturated heterocycles. The van der Waals surface area contributed by atoms with Gasteiger partial charge in [-0.3, -0.25) is 5.10 Å². The standard InChI is InChI=1S/C16H19F3N4O3S/c1-11-15(12(2)21-20-11)22-7-9-23(10-8-22)27(24,25)14-5-3-13(4-6-14)26-16(17,18)19/h3-6H,7-10H2,1-2H3,(H,20,21). The molecule has 1 aliphatic heterocycles. The van der Waals surface area contributed by atoms with Crippen LogP contribution in [0.1, 0.15) is 11.4 Å². The Morgan fingerprint density at radius 2 is 1.67 bits per heavy atom. The molecule has 1 N–H and O–H groups in total. The van der Waals surface area contributed by atoms with Crippen LogP contribution in [0.15, 0.2) is 29.2 Å². The van der Waals surface area contributed by atoms with E-state index in [1.54, 1.807) is 0 Å². The molecular formula is C16H19F3N4O3S. The Morgan fingerprint density at radius 3 is 2.15 bits per heavy atom. The van der Waals surface area contributed by atoms with Crippen LogP contribution in [0.4, 0.5) is 18.9 Å². The topological polar surface area (TPSA) is 78.5 Å². The van der Waals surface area contributed by atoms with Crippen molar-refractivity contribution in [1.29, 1.82) is 0 Å². The second kappa shape index (κ2) is 7.04. The van der Waals surface area contributed by atoms with Crippen LogP contribution in [0, 0.1) is 13.8 Å². The molecule has 0 unspecified atom stereocenters. The maximum absolute atomic E-state index is 12.7. The van der Waals surface area contributed by atoms with Gasteiger partial charge >= 0.3 is 6.36 Å². The quantitative estimate of drug-likeness (QED) is 0.847. The minimum atomic E-state index is -4.82. The molecule has 1 aromatic heterocycles. The number of piperazine rings is 1. The fourth-order valence-electron chi connectivity index (χ4n) is 3.13. The molecular weight excluding hydrogens is 385 g/mol. The predicted octanol–water partition coefficient (Wildman–Crippen LogP) is 2.44. The lowest BCUT2D eigenvalue weighted by Gasteiger charge is -2.35. The zero-order valence-corrected chi connectivity index (χ0v) is 15.6. The molecule has 1 aromatic carbocycles. The third-order valence-electron chi connectivity index (χ3n) is 4.34. The summed E-state index contributed by atoms with van der Waals surface area (Å²) in [5.74, 6) is -0.461. The first-order valence-corrected chi connectivity index (χ1v) is 9.64. The van der Waals surface area contributed by atoms with Crippen molar-refractivity contribution in [2.75, 3.05) is 31.1 Å². The Balaban J connectivity index is 1.70. The van der Waals surface area contributed by atoms with Crippen LogP contribution < -0.4 is 9.64 Å². The number of rotatable bonds is 4. The van der Waals surface area contributed by atoms with Gasteiger partial charge in [0.25, 0.3) is 0 Å². The lowest BCUT2D eigenvalue weighted by molar-refractivity contribution is -0.274. The van der Waals surface area contributed by atoms with Crippen molar-refractivity contribution < 1.29 is 26.3 Å². The van der Waals surface area contributed by atoms with Crippen LogP contribution in [0.5, 0.6) is 5.75 Å². The second-order valence-electron chi connectivity index (χ2n) is 6.19. The van der Waals surface area contributed by atoms with Gasteiger partial charge in [0.05, 0.1) is 22.0 Å². The molecule has 1 fully saturated rings. The molecule has 3 rings (SSSR count). The Hall–Kier alpha value is -2.27. The summed E-state index contributed by atoms with van der Waals surface area (Å²) in [5, 5.41) is 7.06. The van der Waals surface area contributed by atoms with Gasteiger partial charge in [-0.1, -0.05) is 0 Å². The van der Waals surface area contributed by atoms with E-state index >= 15 is 0 Å². The summed E-state index contributed by atoms with van der Waals surface area (Å²) in [6.45, 7) is 5.32. The highest BCUT2D eigenvalue weighted by Crippen LogP contribution is 2.27. The van der Waals surface area contributed by atoms with Crippen LogP contribution in [0.2, 0.25) is 0 Å². The summed E-state index contributed by atoms with van der Waals surface area (Å²) < 4.78 is 67.2. The molecule has 2 heterocycles.